The number of halogens is 1. The van der Waals surface area contributed by atoms with Crippen molar-refractivity contribution in [2.45, 2.75) is 6.04 Å². The Morgan fingerprint density at radius 1 is 1.54 bits per heavy atom. The van der Waals surface area contributed by atoms with Crippen molar-refractivity contribution in [1.82, 2.24) is 0 Å². The van der Waals surface area contributed by atoms with Crippen molar-refractivity contribution >= 4 is 11.6 Å². The highest BCUT2D eigenvalue weighted by Crippen LogP contribution is 2.18. The fourth-order valence-corrected chi connectivity index (χ4v) is 1.24. The predicted molar refractivity (Wildman–Crippen MR) is 50.2 cm³/mol. The molecule has 0 heterocycles. The van der Waals surface area contributed by atoms with Gasteiger partial charge in [-0.2, -0.15) is 5.26 Å². The van der Waals surface area contributed by atoms with Gasteiger partial charge in [0.25, 0.3) is 0 Å². The smallest absolute Gasteiger partial charge is 0.0992 e. The number of aliphatic hydroxyl groups excluding tert-OH is 1. The van der Waals surface area contributed by atoms with Crippen LogP contribution in [0.1, 0.15) is 17.2 Å². The zero-order chi connectivity index (χ0) is 9.84. The van der Waals surface area contributed by atoms with Gasteiger partial charge in [0.2, 0.25) is 0 Å². The molecule has 0 bridgehead atoms. The van der Waals surface area contributed by atoms with E-state index in [1.165, 1.54) is 0 Å². The Morgan fingerprint density at radius 3 is 2.77 bits per heavy atom. The highest BCUT2D eigenvalue weighted by Gasteiger charge is 2.06. The van der Waals surface area contributed by atoms with E-state index >= 15 is 0 Å². The van der Waals surface area contributed by atoms with E-state index in [0.29, 0.717) is 16.1 Å². The molecule has 1 aromatic rings. The van der Waals surface area contributed by atoms with Gasteiger partial charge >= 0.3 is 0 Å². The summed E-state index contributed by atoms with van der Waals surface area (Å²) in [6.07, 6.45) is 0. The van der Waals surface area contributed by atoms with E-state index in [-0.39, 0.29) is 6.61 Å². The van der Waals surface area contributed by atoms with Crippen LogP contribution in [-0.4, -0.2) is 11.7 Å². The zero-order valence-electron chi connectivity index (χ0n) is 6.87. The van der Waals surface area contributed by atoms with Crippen molar-refractivity contribution in [2.24, 2.45) is 5.73 Å². The number of nitrogens with two attached hydrogens (primary N) is 1. The lowest BCUT2D eigenvalue weighted by molar-refractivity contribution is 0.268. The van der Waals surface area contributed by atoms with Crippen LogP contribution in [0.3, 0.4) is 0 Å². The second-order valence-corrected chi connectivity index (χ2v) is 3.11. The summed E-state index contributed by atoms with van der Waals surface area (Å²) >= 11 is 5.74. The summed E-state index contributed by atoms with van der Waals surface area (Å²) in [5.41, 5.74) is 6.69. The average molecular weight is 197 g/mol. The number of nitriles is 1. The van der Waals surface area contributed by atoms with Gasteiger partial charge in [-0.15, -0.1) is 0 Å². The lowest BCUT2D eigenvalue weighted by Gasteiger charge is -2.08. The molecule has 0 aliphatic rings. The SMILES string of the molecule is N#Cc1cc(Cl)cc([C@@H](N)CO)c1. The maximum atomic E-state index is 8.79. The topological polar surface area (TPSA) is 70.0 Å². The number of nitrogens with zero attached hydrogens (tertiary/aromatic N) is 1. The van der Waals surface area contributed by atoms with Gasteiger partial charge in [-0.3, -0.25) is 0 Å². The zero-order valence-corrected chi connectivity index (χ0v) is 7.62. The minimum Gasteiger partial charge on any atom is -0.394 e. The first-order valence-electron chi connectivity index (χ1n) is 3.74. The Morgan fingerprint density at radius 2 is 2.23 bits per heavy atom. The van der Waals surface area contributed by atoms with Crippen LogP contribution < -0.4 is 5.73 Å². The largest absolute Gasteiger partial charge is 0.394 e. The fourth-order valence-electron chi connectivity index (χ4n) is 0.996. The minimum absolute atomic E-state index is 0.161. The van der Waals surface area contributed by atoms with Gasteiger partial charge in [0.1, 0.15) is 0 Å². The molecular formula is C9H9ClN2O. The van der Waals surface area contributed by atoms with E-state index in [0.717, 1.165) is 0 Å². The molecule has 1 atom stereocenters. The summed E-state index contributed by atoms with van der Waals surface area (Å²) in [5.74, 6) is 0. The first-order valence-corrected chi connectivity index (χ1v) is 4.12. The van der Waals surface area contributed by atoms with Gasteiger partial charge in [0, 0.05) is 5.02 Å². The molecule has 0 fully saturated rings. The van der Waals surface area contributed by atoms with E-state index in [9.17, 15) is 0 Å². The molecular weight excluding hydrogens is 188 g/mol. The van der Waals surface area contributed by atoms with Crippen LogP contribution in [0.4, 0.5) is 0 Å². The van der Waals surface area contributed by atoms with Crippen molar-refractivity contribution in [3.63, 3.8) is 0 Å². The number of rotatable bonds is 2. The molecule has 3 N–H and O–H groups in total. The van der Waals surface area contributed by atoms with Gasteiger partial charge in [0.05, 0.1) is 24.3 Å². The Bertz CT molecular complexity index is 346. The highest BCUT2D eigenvalue weighted by molar-refractivity contribution is 6.30. The Labute approximate surface area is 81.4 Å². The first kappa shape index (κ1) is 10.0. The molecule has 1 aromatic carbocycles. The van der Waals surface area contributed by atoms with E-state index in [1.807, 2.05) is 6.07 Å². The molecule has 13 heavy (non-hydrogen) atoms. The van der Waals surface area contributed by atoms with Gasteiger partial charge < -0.3 is 10.8 Å². The fraction of sp³-hybridized carbons (Fsp3) is 0.222. The molecule has 1 rings (SSSR count). The number of benzene rings is 1. The van der Waals surface area contributed by atoms with Crippen LogP contribution in [0.2, 0.25) is 5.02 Å². The van der Waals surface area contributed by atoms with Gasteiger partial charge in [-0.25, -0.2) is 0 Å². The standard InChI is InChI=1S/C9H9ClN2O/c10-8-2-6(4-11)1-7(3-8)9(12)5-13/h1-3,9,13H,5,12H2/t9-/m0/s1. The quantitative estimate of drug-likeness (QED) is 0.747. The Balaban J connectivity index is 3.10. The summed E-state index contributed by atoms with van der Waals surface area (Å²) in [5, 5.41) is 17.9. The molecule has 0 saturated heterocycles. The number of hydrogen-bond donors (Lipinski definition) is 2. The van der Waals surface area contributed by atoms with E-state index in [4.69, 9.17) is 27.7 Å². The summed E-state index contributed by atoms with van der Waals surface area (Å²) in [4.78, 5) is 0. The third kappa shape index (κ3) is 2.43. The van der Waals surface area contributed by atoms with Crippen LogP contribution in [0.25, 0.3) is 0 Å². The lowest BCUT2D eigenvalue weighted by Crippen LogP contribution is -2.14. The van der Waals surface area contributed by atoms with Crippen molar-refractivity contribution in [3.05, 3.63) is 34.3 Å². The average Bonchev–Trinajstić information content (AvgIpc) is 2.15. The molecule has 3 nitrogen and oxygen atoms in total. The van der Waals surface area contributed by atoms with Crippen molar-refractivity contribution in [2.75, 3.05) is 6.61 Å². The third-order valence-electron chi connectivity index (χ3n) is 1.67. The maximum Gasteiger partial charge on any atom is 0.0992 e. The summed E-state index contributed by atoms with van der Waals surface area (Å²) in [6.45, 7) is -0.161. The molecule has 0 aromatic heterocycles. The normalized spacial score (nSPS) is 12.2. The predicted octanol–water partition coefficient (Wildman–Crippen LogP) is 1.20. The lowest BCUT2D eigenvalue weighted by atomic mass is 10.1. The molecule has 0 radical (unpaired) electrons. The van der Waals surface area contributed by atoms with E-state index in [2.05, 4.69) is 0 Å². The monoisotopic (exact) mass is 196 g/mol. The molecule has 0 saturated carbocycles. The van der Waals surface area contributed by atoms with Crippen LogP contribution in [0.15, 0.2) is 18.2 Å². The van der Waals surface area contributed by atoms with Crippen molar-refractivity contribution in [1.29, 1.82) is 5.26 Å². The molecule has 0 aliphatic heterocycles. The maximum absolute atomic E-state index is 8.79. The second kappa shape index (κ2) is 4.24. The first-order chi connectivity index (χ1) is 6.17. The van der Waals surface area contributed by atoms with Gasteiger partial charge in [-0.05, 0) is 23.8 Å². The molecule has 0 aliphatic carbocycles. The van der Waals surface area contributed by atoms with Crippen LogP contribution in [0.5, 0.6) is 0 Å². The molecule has 0 spiro atoms. The van der Waals surface area contributed by atoms with Crippen LogP contribution >= 0.6 is 11.6 Å². The molecule has 0 unspecified atom stereocenters. The second-order valence-electron chi connectivity index (χ2n) is 2.67. The Hall–Kier alpha value is -1.08. The summed E-state index contributed by atoms with van der Waals surface area (Å²) in [7, 11) is 0. The third-order valence-corrected chi connectivity index (χ3v) is 1.89. The molecule has 0 amide bonds. The molecule has 4 heteroatoms. The van der Waals surface area contributed by atoms with Crippen molar-refractivity contribution < 1.29 is 5.11 Å². The highest BCUT2D eigenvalue weighted by atomic mass is 35.5. The van der Waals surface area contributed by atoms with E-state index < -0.39 is 6.04 Å². The summed E-state index contributed by atoms with van der Waals surface area (Å²) < 4.78 is 0. The molecule has 68 valence electrons. The van der Waals surface area contributed by atoms with Crippen molar-refractivity contribution in [3.8, 4) is 6.07 Å². The summed E-state index contributed by atoms with van der Waals surface area (Å²) in [6, 6.07) is 6.30. The van der Waals surface area contributed by atoms with Gasteiger partial charge in [-0.1, -0.05) is 11.6 Å². The van der Waals surface area contributed by atoms with E-state index in [1.54, 1.807) is 18.2 Å². The van der Waals surface area contributed by atoms with Crippen LogP contribution in [0, 0.1) is 11.3 Å². The van der Waals surface area contributed by atoms with Crippen LogP contribution in [-0.2, 0) is 0 Å². The Kier molecular flexibility index (Phi) is 3.26. The number of aliphatic hydroxyl groups is 1. The minimum atomic E-state index is -0.481. The van der Waals surface area contributed by atoms with Gasteiger partial charge in [0.15, 0.2) is 0 Å². The number of hydrogen-bond acceptors (Lipinski definition) is 3.